The van der Waals surface area contributed by atoms with Crippen molar-refractivity contribution >= 4 is 99.5 Å². The van der Waals surface area contributed by atoms with Crippen LogP contribution in [0.1, 0.15) is 39.5 Å². The summed E-state index contributed by atoms with van der Waals surface area (Å²) in [6, 6.07) is -1.31. The van der Waals surface area contributed by atoms with Crippen LogP contribution in [-0.4, -0.2) is 249 Å². The molecular weight excluding hydrogens is 1300 g/mol. The molecule has 86 heavy (non-hydrogen) atoms. The molecule has 8 aliphatic rings. The van der Waals surface area contributed by atoms with E-state index >= 15 is 0 Å². The summed E-state index contributed by atoms with van der Waals surface area (Å²) in [7, 11) is 1.54. The second-order valence-corrected chi connectivity index (χ2v) is 44.7. The van der Waals surface area contributed by atoms with E-state index in [4.69, 9.17) is 23.7 Å². The molecule has 0 aromatic carbocycles. The fourth-order valence-corrected chi connectivity index (χ4v) is 15.4. The summed E-state index contributed by atoms with van der Waals surface area (Å²) in [4.78, 5) is 45.0. The van der Waals surface area contributed by atoms with Crippen LogP contribution in [0.2, 0.25) is 0 Å². The zero-order valence-corrected chi connectivity index (χ0v) is 57.6. The van der Waals surface area contributed by atoms with Gasteiger partial charge in [-0.1, -0.05) is 55.8 Å². The molecule has 0 spiro atoms. The number of halogens is 1. The molecule has 0 aromatic rings. The maximum absolute atomic E-state index is 11.3. The number of methoxy groups -OCH3 is 1. The highest BCUT2D eigenvalue weighted by molar-refractivity contribution is 14.1. The summed E-state index contributed by atoms with van der Waals surface area (Å²) >= 11 is 2.21. The maximum atomic E-state index is 11.3. The minimum absolute atomic E-state index is 0.0407. The normalized spacial score (nSPS) is 33.8. The van der Waals surface area contributed by atoms with Gasteiger partial charge in [0, 0.05) is 82.9 Å². The first kappa shape index (κ1) is 73.3. The Bertz CT molecular complexity index is 2830. The summed E-state index contributed by atoms with van der Waals surface area (Å²) in [6.45, 7) is 31.4. The Morgan fingerprint density at radius 1 is 0.512 bits per heavy atom. The zero-order chi connectivity index (χ0) is 64.8. The van der Waals surface area contributed by atoms with Crippen LogP contribution in [0.5, 0.6) is 0 Å². The number of alkyl halides is 1. The van der Waals surface area contributed by atoms with Crippen molar-refractivity contribution in [2.75, 3.05) is 85.1 Å². The number of rotatable bonds is 17. The van der Waals surface area contributed by atoms with Crippen LogP contribution in [0.25, 0.3) is 0 Å². The minimum atomic E-state index is -1.45. The number of amides is 8. The number of aliphatic hydroxyl groups is 5. The van der Waals surface area contributed by atoms with Crippen LogP contribution >= 0.6 is 50.1 Å². The second-order valence-electron chi connectivity index (χ2n) is 26.0. The van der Waals surface area contributed by atoms with Gasteiger partial charge in [0.2, 0.25) is 0 Å². The van der Waals surface area contributed by atoms with Crippen molar-refractivity contribution in [2.24, 2.45) is 5.92 Å². The highest BCUT2D eigenvalue weighted by atomic mass is 127. The molecule has 8 rings (SSSR count). The molecule has 8 amide bonds. The van der Waals surface area contributed by atoms with Crippen LogP contribution < -0.4 is 42.5 Å². The molecule has 0 bridgehead atoms. The van der Waals surface area contributed by atoms with E-state index in [2.05, 4.69) is 170 Å². The van der Waals surface area contributed by atoms with Gasteiger partial charge in [-0.05, 0) is 111 Å². The number of hydrogen-bond acceptors (Lipinski definition) is 14. The molecular formula is C59H97IN8O14P4. The van der Waals surface area contributed by atoms with Crippen LogP contribution in [-0.2, 0) is 23.7 Å². The van der Waals surface area contributed by atoms with E-state index in [1.165, 1.54) is 13.1 Å². The van der Waals surface area contributed by atoms with Crippen molar-refractivity contribution in [3.63, 3.8) is 0 Å². The summed E-state index contributed by atoms with van der Waals surface area (Å²) < 4.78 is 29.3. The monoisotopic (exact) mass is 1390 g/mol. The minimum Gasteiger partial charge on any atom is -0.390 e. The van der Waals surface area contributed by atoms with Crippen molar-refractivity contribution < 1.29 is 68.4 Å². The molecule has 0 saturated carbocycles. The average Bonchev–Trinajstić information content (AvgIpc) is 1.81. The van der Waals surface area contributed by atoms with E-state index in [0.29, 0.717) is 40.4 Å². The van der Waals surface area contributed by atoms with Crippen LogP contribution in [0.4, 0.5) is 19.2 Å². The average molecular weight is 1390 g/mol. The molecule has 8 aliphatic heterocycles. The van der Waals surface area contributed by atoms with Crippen molar-refractivity contribution in [2.45, 2.75) is 128 Å². The fourth-order valence-electron chi connectivity index (χ4n) is 10.5. The third-order valence-corrected chi connectivity index (χ3v) is 22.9. The van der Waals surface area contributed by atoms with Gasteiger partial charge in [-0.25, -0.2) is 19.2 Å². The van der Waals surface area contributed by atoms with Gasteiger partial charge in [0.15, 0.2) is 0 Å². The lowest BCUT2D eigenvalue weighted by Gasteiger charge is -2.30. The van der Waals surface area contributed by atoms with E-state index in [1.807, 2.05) is 6.92 Å². The van der Waals surface area contributed by atoms with Gasteiger partial charge in [0.05, 0.1) is 46.7 Å². The Labute approximate surface area is 523 Å². The van der Waals surface area contributed by atoms with Crippen molar-refractivity contribution in [3.8, 4) is 0 Å². The van der Waals surface area contributed by atoms with E-state index < -0.39 is 82.0 Å². The van der Waals surface area contributed by atoms with Gasteiger partial charge >= 0.3 is 24.1 Å². The number of carbonyl (C=O) groups excluding carboxylic acids is 4. The molecule has 484 valence electrons. The lowest BCUT2D eigenvalue weighted by molar-refractivity contribution is -0.0516. The van der Waals surface area contributed by atoms with Gasteiger partial charge in [-0.2, -0.15) is 0 Å². The van der Waals surface area contributed by atoms with Crippen LogP contribution in [0.15, 0.2) is 96.2 Å². The quantitative estimate of drug-likeness (QED) is 0.0524. The Kier molecular flexibility index (Phi) is 25.6. The molecule has 0 unspecified atom stereocenters. The lowest BCUT2D eigenvalue weighted by atomic mass is 9.87. The fraction of sp³-hybridized carbons (Fsp3) is 0.593. The molecule has 16 atom stereocenters. The summed E-state index contributed by atoms with van der Waals surface area (Å²) in [5.41, 5.74) is 3.27. The molecule has 0 aromatic heterocycles. The predicted octanol–water partition coefficient (Wildman–Crippen LogP) is 4.90. The number of aliphatic hydroxyl groups excluding tert-OH is 4. The van der Waals surface area contributed by atoms with Crippen molar-refractivity contribution in [3.05, 3.63) is 96.2 Å². The van der Waals surface area contributed by atoms with E-state index in [-0.39, 0.29) is 64.5 Å². The highest BCUT2D eigenvalue weighted by Gasteiger charge is 2.54. The topological polar surface area (TPSA) is 312 Å². The molecule has 0 aliphatic carbocycles. The molecule has 27 heteroatoms. The number of hydrogen-bond donors (Lipinski definition) is 13. The highest BCUT2D eigenvalue weighted by Crippen LogP contribution is 2.45. The third kappa shape index (κ3) is 20.3. The van der Waals surface area contributed by atoms with E-state index in [9.17, 15) is 44.7 Å². The standard InChI is InChI=1S/2C15H25N2O4P.C15H25N2O3P.C14H22IN2O3P/c1-9-10(8-16-14(19)17-9)13-15(2,20)12(18)11(21-13)6-7-22(3,4)5;1-9-10(8-16-15(19)17-9)13-14(20-2)12(18)11(21-13)6-7-22(3,4)5;1-9-13(18)12(6-7-21(3,4)5)20-14(9)11-8-16-15(19)17-10(11)2;1-8-9(7-16-14(19)17-8)13-11(15)12(18)10(20-13)5-6-21(2,3)4/h8,11-13,18,20H,1,3,6-7H2,2,4-5H3,(H2,16,17,19);8,11-14,18H,1,3,6-7H2,2,4-5H3,(H2,16,17,19);8-9,12-14,18H,2-3,6-7H2,1,4-5H3,(H2,16,17,19);7,10-13,18H,1-2,5-6H2,3-4H3,(H2,16,17,19)/t11-,12-,13+,15-;11-,12-,13+,14-;9-,12-,13+,14-;10-,11-,12-,13+/m1111/s1. The Morgan fingerprint density at radius 3 is 1.20 bits per heavy atom. The Balaban J connectivity index is 0.000000209. The predicted molar refractivity (Wildman–Crippen MR) is 364 cm³/mol. The van der Waals surface area contributed by atoms with Gasteiger partial charge in [0.25, 0.3) is 0 Å². The first-order valence-corrected chi connectivity index (χ1v) is 41.9. The SMILES string of the molecule is C=C1NC(=O)NC=C1[C@@H]1O[C@H](CCP(=C)(C)C)[C@@H](O)[C@@]1(C)O.C=C1NC(=O)NC=C1[C@@H]1O[C@H](CCP(=C)(C)C)[C@@H](O)[C@H]1C.C=C1NC(=O)NC=C1[C@@H]1O[C@H](CCP(=C)(C)C)[C@@H](O)[C@H]1I.C=C1NC(=O)NC=C1[C@@H]1O[C@H](CCP(=C)(C)C)[C@@H](O)[C@H]1OC. The molecule has 13 N–H and O–H groups in total. The summed E-state index contributed by atoms with van der Waals surface area (Å²) in [5.74, 6) is -0.0407. The van der Waals surface area contributed by atoms with Crippen LogP contribution in [0, 0.1) is 5.92 Å². The molecule has 4 saturated heterocycles. The Morgan fingerprint density at radius 2 is 0.826 bits per heavy atom. The number of nitrogens with one attached hydrogen (secondary N) is 8. The first-order valence-electron chi connectivity index (χ1n) is 28.4. The van der Waals surface area contributed by atoms with Crippen molar-refractivity contribution in [1.82, 2.24) is 42.5 Å². The smallest absolute Gasteiger partial charge is 0.323 e. The van der Waals surface area contributed by atoms with E-state index in [0.717, 1.165) is 55.1 Å². The maximum Gasteiger partial charge on any atom is 0.323 e. The third-order valence-electron chi connectivity index (χ3n) is 15.6. The van der Waals surface area contributed by atoms with Gasteiger partial charge < -0.3 is 91.8 Å². The molecule has 8 heterocycles. The van der Waals surface area contributed by atoms with Crippen molar-refractivity contribution in [1.29, 1.82) is 0 Å². The summed E-state index contributed by atoms with van der Waals surface area (Å²) in [6.07, 6.45) is 23.7. The van der Waals surface area contributed by atoms with E-state index in [1.54, 1.807) is 25.7 Å². The number of carbonyl (C=O) groups is 4. The lowest BCUT2D eigenvalue weighted by Crippen LogP contribution is -2.49. The van der Waals surface area contributed by atoms with Crippen LogP contribution in [0.3, 0.4) is 0 Å². The molecule has 4 fully saturated rings. The Hall–Kier alpha value is -3.47. The largest absolute Gasteiger partial charge is 0.390 e. The molecule has 0 radical (unpaired) electrons. The summed E-state index contributed by atoms with van der Waals surface area (Å²) in [5, 5.41) is 73.0. The number of ether oxygens (including phenoxy) is 5. The number of urea groups is 4. The van der Waals surface area contributed by atoms with Gasteiger partial charge in [-0.15, -0.1) is 52.7 Å². The van der Waals surface area contributed by atoms with Gasteiger partial charge in [-0.3, -0.25) is 0 Å². The zero-order valence-electron chi connectivity index (χ0n) is 51.9. The van der Waals surface area contributed by atoms with Gasteiger partial charge in [0.1, 0.15) is 42.2 Å². The first-order chi connectivity index (χ1) is 39.6. The second kappa shape index (κ2) is 30.1. The molecule has 22 nitrogen and oxygen atoms in total.